The van der Waals surface area contributed by atoms with E-state index in [0.717, 1.165) is 23.1 Å². The second kappa shape index (κ2) is 11.6. The van der Waals surface area contributed by atoms with Crippen LogP contribution in [0, 0.1) is 0 Å². The second-order valence-corrected chi connectivity index (χ2v) is 8.67. The molecule has 0 aliphatic carbocycles. The number of aliphatic hydroxyl groups excluding tert-OH is 1. The van der Waals surface area contributed by atoms with Gasteiger partial charge in [-0.2, -0.15) is 0 Å². The van der Waals surface area contributed by atoms with Crippen molar-refractivity contribution in [2.45, 2.75) is 25.0 Å². The summed E-state index contributed by atoms with van der Waals surface area (Å²) in [7, 11) is 0. The number of carboxylic acids is 1. The molecule has 0 radical (unpaired) electrons. The van der Waals surface area contributed by atoms with Crippen LogP contribution in [0.3, 0.4) is 0 Å². The van der Waals surface area contributed by atoms with Gasteiger partial charge in [0.15, 0.2) is 6.04 Å². The van der Waals surface area contributed by atoms with Crippen molar-refractivity contribution < 1.29 is 29.7 Å². The third-order valence-corrected chi connectivity index (χ3v) is 6.04. The second-order valence-electron chi connectivity index (χ2n) is 7.31. The summed E-state index contributed by atoms with van der Waals surface area (Å²) in [4.78, 5) is 40.0. The predicted octanol–water partition coefficient (Wildman–Crippen LogP) is 3.87. The molecule has 0 aliphatic heterocycles. The lowest BCUT2D eigenvalue weighted by molar-refractivity contribution is -0.137. The van der Waals surface area contributed by atoms with Crippen LogP contribution < -0.4 is 5.32 Å². The van der Waals surface area contributed by atoms with Crippen molar-refractivity contribution in [1.29, 1.82) is 0 Å². The van der Waals surface area contributed by atoms with Crippen molar-refractivity contribution in [2.24, 2.45) is 4.99 Å². The van der Waals surface area contributed by atoms with Gasteiger partial charge in [-0.3, -0.25) is 9.59 Å². The van der Waals surface area contributed by atoms with Crippen LogP contribution in [-0.4, -0.2) is 45.4 Å². The molecule has 176 valence electrons. The number of aliphatic carboxylic acids is 1. The first-order valence-corrected chi connectivity index (χ1v) is 11.4. The van der Waals surface area contributed by atoms with Crippen LogP contribution in [0.1, 0.15) is 43.7 Å². The van der Waals surface area contributed by atoms with Gasteiger partial charge >= 0.3 is 5.97 Å². The molecule has 0 bridgehead atoms. The fourth-order valence-corrected chi connectivity index (χ4v) is 3.98. The van der Waals surface area contributed by atoms with Gasteiger partial charge in [0.25, 0.3) is 11.8 Å². The molecule has 4 N–H and O–H groups in total. The molecule has 2 atom stereocenters. The summed E-state index contributed by atoms with van der Waals surface area (Å²) in [5.41, 5.74) is 1.36. The van der Waals surface area contributed by atoms with Gasteiger partial charge in [-0.25, -0.2) is 9.79 Å². The zero-order chi connectivity index (χ0) is 24.7. The molecule has 8 nitrogen and oxygen atoms in total. The molecule has 3 aromatic rings. The predicted molar refractivity (Wildman–Crippen MR) is 129 cm³/mol. The van der Waals surface area contributed by atoms with Gasteiger partial charge in [-0.15, -0.1) is 11.3 Å². The smallest absolute Gasteiger partial charge is 0.331 e. The van der Waals surface area contributed by atoms with E-state index in [1.165, 1.54) is 18.2 Å². The average molecular weight is 501 g/mol. The number of nitrogens with zero attached hydrogens (tertiary/aromatic N) is 1. The zero-order valence-electron chi connectivity index (χ0n) is 17.7. The molecule has 1 heterocycles. The molecule has 0 saturated carbocycles. The minimum atomic E-state index is -1.54. The summed E-state index contributed by atoms with van der Waals surface area (Å²) in [5, 5.41) is 33.4. The highest BCUT2D eigenvalue weighted by atomic mass is 35.5. The first-order valence-electron chi connectivity index (χ1n) is 10.2. The lowest BCUT2D eigenvalue weighted by Crippen LogP contribution is -2.42. The lowest BCUT2D eigenvalue weighted by atomic mass is 10.00. The lowest BCUT2D eigenvalue weighted by Gasteiger charge is -2.14. The van der Waals surface area contributed by atoms with Gasteiger partial charge in [0.05, 0.1) is 21.6 Å². The maximum absolute atomic E-state index is 12.6. The Hall–Kier alpha value is -3.53. The number of rotatable bonds is 9. The Kier molecular flexibility index (Phi) is 8.53. The van der Waals surface area contributed by atoms with Crippen LogP contribution in [0.15, 0.2) is 65.0 Å². The number of thiophene rings is 1. The molecule has 34 heavy (non-hydrogen) atoms. The van der Waals surface area contributed by atoms with Crippen LogP contribution in [-0.2, 0) is 11.2 Å². The molecule has 3 rings (SSSR count). The van der Waals surface area contributed by atoms with E-state index in [1.54, 1.807) is 35.7 Å². The van der Waals surface area contributed by atoms with E-state index in [-0.39, 0.29) is 16.3 Å². The number of hydrogen-bond donors (Lipinski definition) is 4. The molecule has 0 aliphatic rings. The highest BCUT2D eigenvalue weighted by molar-refractivity contribution is 7.12. The van der Waals surface area contributed by atoms with Gasteiger partial charge < -0.3 is 20.6 Å². The number of phenols is 1. The first kappa shape index (κ1) is 25.1. The molecule has 0 saturated heterocycles. The van der Waals surface area contributed by atoms with E-state index < -0.39 is 29.9 Å². The Labute approximate surface area is 204 Å². The summed E-state index contributed by atoms with van der Waals surface area (Å²) in [6, 6.07) is 12.8. The van der Waals surface area contributed by atoms with Gasteiger partial charge in [0.1, 0.15) is 5.75 Å². The standard InChI is InChI=1S/C24H21ClN2O6S/c25-18-12-15(20(29)9-6-14-3-1-4-16(28)11-14)7-8-17(18)22(30)27-19(24(32)33)13-26-23(31)21-5-2-10-34-21/h1-5,7-8,10-13,19-20,28-29H,6,9H2,(H,27,30)(H,32,33)/t19-,20?/m0/s1. The van der Waals surface area contributed by atoms with Crippen molar-refractivity contribution in [1.82, 2.24) is 5.32 Å². The molecule has 2 aromatic carbocycles. The monoisotopic (exact) mass is 500 g/mol. The van der Waals surface area contributed by atoms with Crippen LogP contribution in [0.5, 0.6) is 5.75 Å². The topological polar surface area (TPSA) is 136 Å². The summed E-state index contributed by atoms with van der Waals surface area (Å²) in [5.74, 6) is -2.64. The van der Waals surface area contributed by atoms with Crippen LogP contribution in [0.25, 0.3) is 0 Å². The average Bonchev–Trinajstić information content (AvgIpc) is 3.34. The van der Waals surface area contributed by atoms with Gasteiger partial charge in [0.2, 0.25) is 0 Å². The molecule has 1 aromatic heterocycles. The normalized spacial score (nSPS) is 12.9. The highest BCUT2D eigenvalue weighted by Gasteiger charge is 2.21. The molecule has 1 unspecified atom stereocenters. The van der Waals surface area contributed by atoms with E-state index >= 15 is 0 Å². The fraction of sp³-hybridized carbons (Fsp3) is 0.167. The number of amides is 2. The largest absolute Gasteiger partial charge is 0.508 e. The van der Waals surface area contributed by atoms with Gasteiger partial charge in [0, 0.05) is 6.21 Å². The van der Waals surface area contributed by atoms with Crippen molar-refractivity contribution in [2.75, 3.05) is 0 Å². The molecular weight excluding hydrogens is 480 g/mol. The first-order chi connectivity index (χ1) is 16.2. The van der Waals surface area contributed by atoms with E-state index in [4.69, 9.17) is 11.6 Å². The number of aliphatic imine (C=N–C) groups is 1. The Morgan fingerprint density at radius 2 is 1.91 bits per heavy atom. The Bertz CT molecular complexity index is 1210. The molecule has 0 fully saturated rings. The Morgan fingerprint density at radius 1 is 1.12 bits per heavy atom. The number of carboxylic acid groups (broad SMARTS) is 1. The Balaban J connectivity index is 1.64. The number of aliphatic hydroxyl groups is 1. The van der Waals surface area contributed by atoms with Crippen LogP contribution >= 0.6 is 22.9 Å². The number of carbonyl (C=O) groups is 3. The number of aryl methyl sites for hydroxylation is 1. The Morgan fingerprint density at radius 3 is 2.56 bits per heavy atom. The number of benzene rings is 2. The SMILES string of the molecule is O=C(N=C[C@H](NC(=O)c1ccc(C(O)CCc2cccc(O)c2)cc1Cl)C(=O)O)c1cccs1. The summed E-state index contributed by atoms with van der Waals surface area (Å²) < 4.78 is 0. The quantitative estimate of drug-likeness (QED) is 0.329. The van der Waals surface area contributed by atoms with Crippen molar-refractivity contribution in [3.05, 3.63) is 86.6 Å². The van der Waals surface area contributed by atoms with Crippen LogP contribution in [0.2, 0.25) is 5.02 Å². The van der Waals surface area contributed by atoms with Crippen molar-refractivity contribution in [3.63, 3.8) is 0 Å². The molecule has 2 amide bonds. The van der Waals surface area contributed by atoms with E-state index in [9.17, 15) is 29.7 Å². The summed E-state index contributed by atoms with van der Waals surface area (Å²) in [6.45, 7) is 0. The third-order valence-electron chi connectivity index (χ3n) is 4.87. The van der Waals surface area contributed by atoms with E-state index in [1.807, 2.05) is 6.07 Å². The number of halogens is 1. The van der Waals surface area contributed by atoms with Gasteiger partial charge in [-0.1, -0.05) is 35.9 Å². The number of carbonyl (C=O) groups excluding carboxylic acids is 2. The maximum Gasteiger partial charge on any atom is 0.331 e. The molecular formula is C24H21ClN2O6S. The van der Waals surface area contributed by atoms with Gasteiger partial charge in [-0.05, 0) is 59.7 Å². The fourth-order valence-electron chi connectivity index (χ4n) is 3.09. The maximum atomic E-state index is 12.6. The summed E-state index contributed by atoms with van der Waals surface area (Å²) >= 11 is 7.39. The number of hydrogen-bond acceptors (Lipinski definition) is 6. The third kappa shape index (κ3) is 6.74. The zero-order valence-corrected chi connectivity index (χ0v) is 19.3. The minimum Gasteiger partial charge on any atom is -0.508 e. The molecule has 10 heteroatoms. The minimum absolute atomic E-state index is 0.00910. The van der Waals surface area contributed by atoms with Crippen LogP contribution in [0.4, 0.5) is 0 Å². The molecule has 0 spiro atoms. The van der Waals surface area contributed by atoms with E-state index in [2.05, 4.69) is 10.3 Å². The highest BCUT2D eigenvalue weighted by Crippen LogP contribution is 2.25. The van der Waals surface area contributed by atoms with Crippen molar-refractivity contribution in [3.8, 4) is 5.75 Å². The number of nitrogens with one attached hydrogen (secondary N) is 1. The van der Waals surface area contributed by atoms with Crippen molar-refractivity contribution >= 4 is 46.9 Å². The number of aromatic hydroxyl groups is 1. The number of phenolic OH excluding ortho intramolecular Hbond substituents is 1. The summed E-state index contributed by atoms with van der Waals surface area (Å²) in [6.07, 6.45) is 0.870. The van der Waals surface area contributed by atoms with E-state index in [0.29, 0.717) is 23.3 Å².